The number of hydrogen-bond donors (Lipinski definition) is 1. The van der Waals surface area contributed by atoms with Gasteiger partial charge in [-0.3, -0.25) is 4.72 Å². The number of esters is 1. The summed E-state index contributed by atoms with van der Waals surface area (Å²) in [5.41, 5.74) is 1.68. The van der Waals surface area contributed by atoms with Gasteiger partial charge in [0.05, 0.1) is 12.4 Å². The highest BCUT2D eigenvalue weighted by Gasteiger charge is 2.08. The fourth-order valence-corrected chi connectivity index (χ4v) is 3.24. The van der Waals surface area contributed by atoms with Gasteiger partial charge in [-0.25, -0.2) is 13.2 Å². The molecule has 2 rings (SSSR count). The normalized spacial score (nSPS) is 11.4. The summed E-state index contributed by atoms with van der Waals surface area (Å²) in [5, 5.41) is 0.616. The van der Waals surface area contributed by atoms with Crippen molar-refractivity contribution in [3.63, 3.8) is 0 Å². The van der Waals surface area contributed by atoms with Gasteiger partial charge in [-0.2, -0.15) is 0 Å². The second-order valence-corrected chi connectivity index (χ2v) is 8.12. The highest BCUT2D eigenvalue weighted by atomic mass is 35.5. The Labute approximate surface area is 170 Å². The van der Waals surface area contributed by atoms with Crippen molar-refractivity contribution < 1.29 is 22.7 Å². The van der Waals surface area contributed by atoms with Crippen molar-refractivity contribution in [2.24, 2.45) is 0 Å². The molecule has 0 saturated carbocycles. The van der Waals surface area contributed by atoms with E-state index in [1.165, 1.54) is 6.20 Å². The van der Waals surface area contributed by atoms with E-state index in [1.807, 2.05) is 0 Å². The van der Waals surface area contributed by atoms with Crippen LogP contribution in [0.2, 0.25) is 5.02 Å². The fourth-order valence-electron chi connectivity index (χ4n) is 2.22. The first-order valence-corrected chi connectivity index (χ1v) is 10.7. The predicted octanol–water partition coefficient (Wildman–Crippen LogP) is 3.41. The van der Waals surface area contributed by atoms with Crippen molar-refractivity contribution in [3.05, 3.63) is 70.9 Å². The number of carbonyl (C=O) groups excluding carboxylic acids is 1. The Morgan fingerprint density at radius 2 is 1.79 bits per heavy atom. The third-order valence-corrected chi connectivity index (χ3v) is 5.13. The number of hydrogen-bond acceptors (Lipinski definition) is 5. The molecule has 0 amide bonds. The maximum Gasteiger partial charge on any atom is 0.344 e. The van der Waals surface area contributed by atoms with Gasteiger partial charge >= 0.3 is 5.97 Å². The summed E-state index contributed by atoms with van der Waals surface area (Å²) in [6.45, 7) is 1.88. The van der Waals surface area contributed by atoms with Crippen LogP contribution in [0.4, 0.5) is 0 Å². The molecule has 28 heavy (non-hydrogen) atoms. The summed E-state index contributed by atoms with van der Waals surface area (Å²) in [5.74, 6) is 0.0628. The lowest BCUT2D eigenvalue weighted by Crippen LogP contribution is -2.22. The highest BCUT2D eigenvalue weighted by molar-refractivity contribution is 7.89. The van der Waals surface area contributed by atoms with Gasteiger partial charge in [0.2, 0.25) is 10.0 Å². The molecule has 2 aromatic carbocycles. The number of aryl methyl sites for hydroxylation is 1. The Bertz CT molecular complexity index is 893. The average Bonchev–Trinajstić information content (AvgIpc) is 2.67. The van der Waals surface area contributed by atoms with E-state index in [-0.39, 0.29) is 12.4 Å². The van der Waals surface area contributed by atoms with Crippen LogP contribution in [0.3, 0.4) is 0 Å². The van der Waals surface area contributed by atoms with Crippen molar-refractivity contribution >= 4 is 33.7 Å². The number of nitrogens with one attached hydrogen (secondary N) is 1. The number of ether oxygens (including phenoxy) is 2. The summed E-state index contributed by atoms with van der Waals surface area (Å²) in [6, 6.07) is 14.0. The Morgan fingerprint density at radius 1 is 1.11 bits per heavy atom. The predicted molar refractivity (Wildman–Crippen MR) is 110 cm³/mol. The quantitative estimate of drug-likeness (QED) is 0.592. The van der Waals surface area contributed by atoms with Gasteiger partial charge in [-0.1, -0.05) is 35.9 Å². The average molecular weight is 424 g/mol. The Morgan fingerprint density at radius 3 is 2.43 bits per heavy atom. The Balaban J connectivity index is 1.80. The minimum absolute atomic E-state index is 0.0282. The van der Waals surface area contributed by atoms with Gasteiger partial charge in [0.25, 0.3) is 0 Å². The van der Waals surface area contributed by atoms with Crippen molar-refractivity contribution in [2.45, 2.75) is 13.3 Å². The summed E-state index contributed by atoms with van der Waals surface area (Å²) < 4.78 is 36.6. The van der Waals surface area contributed by atoms with E-state index < -0.39 is 16.0 Å². The smallest absolute Gasteiger partial charge is 0.344 e. The summed E-state index contributed by atoms with van der Waals surface area (Å²) >= 11 is 5.81. The monoisotopic (exact) mass is 423 g/mol. The summed E-state index contributed by atoms with van der Waals surface area (Å²) in [6.07, 6.45) is 3.41. The lowest BCUT2D eigenvalue weighted by atomic mass is 10.2. The lowest BCUT2D eigenvalue weighted by molar-refractivity contribution is -0.145. The molecule has 0 bridgehead atoms. The summed E-state index contributed by atoms with van der Waals surface area (Å²) in [7, 11) is -3.44. The van der Waals surface area contributed by atoms with Crippen molar-refractivity contribution in [3.8, 4) is 5.75 Å². The van der Waals surface area contributed by atoms with Crippen LogP contribution in [0.1, 0.15) is 18.1 Å². The first kappa shape index (κ1) is 21.8. The molecule has 0 heterocycles. The molecular weight excluding hydrogens is 402 g/mol. The second-order valence-electron chi connectivity index (χ2n) is 5.81. The lowest BCUT2D eigenvalue weighted by Gasteiger charge is -2.06. The first-order valence-electron chi connectivity index (χ1n) is 8.67. The van der Waals surface area contributed by atoms with Crippen LogP contribution in [0, 0.1) is 0 Å². The molecule has 0 aromatic heterocycles. The van der Waals surface area contributed by atoms with Crippen molar-refractivity contribution in [2.75, 3.05) is 19.0 Å². The van der Waals surface area contributed by atoms with Crippen LogP contribution >= 0.6 is 11.6 Å². The Kier molecular flexibility index (Phi) is 8.35. The molecule has 150 valence electrons. The van der Waals surface area contributed by atoms with E-state index in [4.69, 9.17) is 21.1 Å². The van der Waals surface area contributed by atoms with Gasteiger partial charge in [-0.05, 0) is 54.8 Å². The van der Waals surface area contributed by atoms with Gasteiger partial charge in [0.1, 0.15) is 5.75 Å². The van der Waals surface area contributed by atoms with Crippen LogP contribution < -0.4 is 9.46 Å². The molecule has 0 fully saturated rings. The fraction of sp³-hybridized carbons (Fsp3) is 0.250. The van der Waals surface area contributed by atoms with Gasteiger partial charge < -0.3 is 9.47 Å². The third kappa shape index (κ3) is 8.02. The molecule has 0 aliphatic carbocycles. The third-order valence-electron chi connectivity index (χ3n) is 3.64. The molecule has 8 heteroatoms. The number of carbonyl (C=O) groups is 1. The Hall–Kier alpha value is -2.51. The molecule has 0 radical (unpaired) electrons. The molecule has 2 aromatic rings. The molecule has 0 aliphatic rings. The molecule has 6 nitrogen and oxygen atoms in total. The molecular formula is C20H22ClNO5S. The van der Waals surface area contributed by atoms with Crippen LogP contribution in [-0.2, 0) is 26.0 Å². The van der Waals surface area contributed by atoms with Crippen LogP contribution in [0.5, 0.6) is 5.75 Å². The maximum atomic E-state index is 12.1. The van der Waals surface area contributed by atoms with E-state index in [0.29, 0.717) is 23.8 Å². The van der Waals surface area contributed by atoms with Crippen LogP contribution in [0.15, 0.2) is 54.7 Å². The number of rotatable bonds is 10. The zero-order valence-corrected chi connectivity index (χ0v) is 17.0. The summed E-state index contributed by atoms with van der Waals surface area (Å²) in [4.78, 5) is 11.2. The van der Waals surface area contributed by atoms with Gasteiger partial charge in [-0.15, -0.1) is 0 Å². The van der Waals surface area contributed by atoms with Crippen LogP contribution in [0.25, 0.3) is 6.08 Å². The van der Waals surface area contributed by atoms with E-state index in [9.17, 15) is 13.2 Å². The first-order chi connectivity index (χ1) is 13.4. The number of benzene rings is 2. The second kappa shape index (κ2) is 10.7. The topological polar surface area (TPSA) is 81.7 Å². The molecule has 0 spiro atoms. The zero-order chi connectivity index (χ0) is 20.4. The molecule has 0 aliphatic heterocycles. The largest absolute Gasteiger partial charge is 0.482 e. The van der Waals surface area contributed by atoms with E-state index in [1.54, 1.807) is 61.5 Å². The molecule has 0 atom stereocenters. The standard InChI is InChI=1S/C20H22ClNO5S/c1-2-26-20(23)15-27-19-9-5-16(6-10-19)11-13-22-28(24,25)14-12-17-3-7-18(21)8-4-17/h3-11,13,22H,2,12,14-15H2,1H3. The zero-order valence-electron chi connectivity index (χ0n) is 15.4. The van der Waals surface area contributed by atoms with E-state index >= 15 is 0 Å². The number of halogens is 1. The van der Waals surface area contributed by atoms with Gasteiger partial charge in [0.15, 0.2) is 6.61 Å². The number of sulfonamides is 1. The SMILES string of the molecule is CCOC(=O)COc1ccc(C=CNS(=O)(=O)CCc2ccc(Cl)cc2)cc1. The molecule has 1 N–H and O–H groups in total. The van der Waals surface area contributed by atoms with Crippen molar-refractivity contribution in [1.82, 2.24) is 4.72 Å². The molecule has 0 unspecified atom stereocenters. The highest BCUT2D eigenvalue weighted by Crippen LogP contribution is 2.13. The van der Waals surface area contributed by atoms with E-state index in [2.05, 4.69) is 4.72 Å². The van der Waals surface area contributed by atoms with E-state index in [0.717, 1.165) is 11.1 Å². The molecule has 0 saturated heterocycles. The maximum absolute atomic E-state index is 12.1. The minimum Gasteiger partial charge on any atom is -0.482 e. The van der Waals surface area contributed by atoms with Gasteiger partial charge in [0, 0.05) is 11.2 Å². The van der Waals surface area contributed by atoms with Crippen molar-refractivity contribution in [1.29, 1.82) is 0 Å². The van der Waals surface area contributed by atoms with Crippen LogP contribution in [-0.4, -0.2) is 33.4 Å². The minimum atomic E-state index is -3.44.